The van der Waals surface area contributed by atoms with Crippen molar-refractivity contribution < 1.29 is 150 Å². The molecule has 0 aromatic heterocycles. The smallest absolute Gasteiger partial charge is 2.00 e. The molecule has 0 fully saturated rings. The zero-order valence-electron chi connectivity index (χ0n) is 4.46. The molecule has 0 aliphatic carbocycles. The van der Waals surface area contributed by atoms with E-state index in [1.807, 2.05) is 0 Å². The van der Waals surface area contributed by atoms with Crippen LogP contribution in [0, 0.1) is 83.5 Å². The molecule has 0 atom stereocenters. The molecule has 0 rings (SSSR count). The predicted molar refractivity (Wildman–Crippen MR) is 3.43 cm³/mol. The maximum absolute atomic E-state index is 0. The molecule has 0 amide bonds. The number of rotatable bonds is 0. The second-order valence-electron chi connectivity index (χ2n) is 0. The molecule has 2 radical (unpaired) electrons. The molecule has 0 N–H and O–H groups in total. The molecule has 0 bridgehead atoms. The van der Waals surface area contributed by atoms with Gasteiger partial charge in [-0.25, -0.2) is 0 Å². The minimum absolute atomic E-state index is 0. The van der Waals surface area contributed by atoms with Crippen LogP contribution in [-0.2, 0) is 66.3 Å². The Kier molecular flexibility index (Phi) is 1310. The summed E-state index contributed by atoms with van der Waals surface area (Å²) in [6, 6.07) is 0. The van der Waals surface area contributed by atoms with Crippen molar-refractivity contribution in [1.82, 2.24) is 0 Å². The zero-order valence-corrected chi connectivity index (χ0v) is 16.7. The maximum atomic E-state index is 0. The van der Waals surface area contributed by atoms with Crippen molar-refractivity contribution in [2.45, 2.75) is 0 Å². The molecule has 0 aromatic carbocycles. The Morgan fingerprint density at radius 1 is 0.333 bits per heavy atom. The second kappa shape index (κ2) is 95.3. The SMILES string of the molecule is [Ce+3].[Ce+3].[O-2].[O-2].[O-2].[O-2].[O-2].[Zn+2].[Zn+2]. The summed E-state index contributed by atoms with van der Waals surface area (Å²) in [5.41, 5.74) is 0. The largest absolute Gasteiger partial charge is 3.00 e. The summed E-state index contributed by atoms with van der Waals surface area (Å²) < 4.78 is 0. The molecule has 9 heteroatoms. The van der Waals surface area contributed by atoms with Gasteiger partial charge in [0.2, 0.25) is 0 Å². The van der Waals surface area contributed by atoms with E-state index in [2.05, 4.69) is 0 Å². The van der Waals surface area contributed by atoms with E-state index in [1.165, 1.54) is 0 Å². The first-order chi connectivity index (χ1) is 0. The second-order valence-corrected chi connectivity index (χ2v) is 0. The van der Waals surface area contributed by atoms with Gasteiger partial charge < -0.3 is 27.4 Å². The van der Waals surface area contributed by atoms with Gasteiger partial charge in [-0.3, -0.25) is 0 Å². The Hall–Kier alpha value is 3.80. The van der Waals surface area contributed by atoms with Gasteiger partial charge >= 0.3 is 122 Å². The first-order valence-electron chi connectivity index (χ1n) is 0. The van der Waals surface area contributed by atoms with Gasteiger partial charge in [-0.05, 0) is 0 Å². The van der Waals surface area contributed by atoms with Gasteiger partial charge in [0.25, 0.3) is 0 Å². The van der Waals surface area contributed by atoms with E-state index in [0.717, 1.165) is 0 Å². The van der Waals surface area contributed by atoms with Crippen molar-refractivity contribution in [3.05, 3.63) is 0 Å². The summed E-state index contributed by atoms with van der Waals surface area (Å²) in [6.45, 7) is 0. The molecule has 0 spiro atoms. The summed E-state index contributed by atoms with van der Waals surface area (Å²) in [4.78, 5) is 0. The van der Waals surface area contributed by atoms with Crippen LogP contribution in [0.15, 0.2) is 0 Å². The Morgan fingerprint density at radius 2 is 0.333 bits per heavy atom. The van der Waals surface area contributed by atoms with Gasteiger partial charge in [-0.1, -0.05) is 0 Å². The third kappa shape index (κ3) is 78.5. The molecule has 0 saturated heterocycles. The van der Waals surface area contributed by atoms with Crippen molar-refractivity contribution >= 4 is 0 Å². The minimum Gasteiger partial charge on any atom is -2.00 e. The van der Waals surface area contributed by atoms with Crippen LogP contribution in [-0.4, -0.2) is 0 Å². The predicted octanol–water partition coefficient (Wildman–Crippen LogP) is -0.599. The van der Waals surface area contributed by atoms with Crippen molar-refractivity contribution in [2.24, 2.45) is 0 Å². The van der Waals surface area contributed by atoms with Gasteiger partial charge in [0.05, 0.1) is 0 Å². The Balaban J connectivity index is 0. The van der Waals surface area contributed by atoms with Crippen LogP contribution in [0.1, 0.15) is 0 Å². The fourth-order valence-corrected chi connectivity index (χ4v) is 0. The summed E-state index contributed by atoms with van der Waals surface area (Å²) in [7, 11) is 0. The number of hydrogen-bond donors (Lipinski definition) is 0. The van der Waals surface area contributed by atoms with Crippen molar-refractivity contribution in [1.29, 1.82) is 0 Å². The third-order valence-electron chi connectivity index (χ3n) is 0. The molecule has 0 aliphatic rings. The maximum Gasteiger partial charge on any atom is 3.00 e. The summed E-state index contributed by atoms with van der Waals surface area (Å²) in [5, 5.41) is 0. The Bertz CT molecular complexity index is 12.9. The fraction of sp³-hybridized carbons (Fsp3) is 0. The summed E-state index contributed by atoms with van der Waals surface area (Å²) >= 11 is 0. The van der Waals surface area contributed by atoms with Gasteiger partial charge in [0.1, 0.15) is 0 Å². The van der Waals surface area contributed by atoms with E-state index >= 15 is 0 Å². The van der Waals surface area contributed by atoms with Crippen molar-refractivity contribution in [2.75, 3.05) is 0 Å². The standard InChI is InChI=1S/2Ce.5O.2Zn/q2*+3;5*-2;2*+2. The average Bonchev–Trinajstić information content (AvgIpc) is 0. The summed E-state index contributed by atoms with van der Waals surface area (Å²) in [5.74, 6) is 0. The van der Waals surface area contributed by atoms with E-state index in [-0.39, 0.29) is 150 Å². The van der Waals surface area contributed by atoms with Crippen LogP contribution in [0.3, 0.4) is 0 Å². The van der Waals surface area contributed by atoms with Crippen LogP contribution in [0.4, 0.5) is 0 Å². The quantitative estimate of drug-likeness (QED) is 0.400. The topological polar surface area (TPSA) is 142 Å². The van der Waals surface area contributed by atoms with E-state index in [9.17, 15) is 0 Å². The molecular formula is Ce2O5Zn2. The molecule has 9 heavy (non-hydrogen) atoms. The van der Waals surface area contributed by atoms with Gasteiger partial charge in [-0.15, -0.1) is 0 Å². The molecule has 0 unspecified atom stereocenters. The first kappa shape index (κ1) is 123. The molecule has 42 valence electrons. The van der Waals surface area contributed by atoms with Gasteiger partial charge in [-0.2, -0.15) is 0 Å². The molecule has 0 saturated carbocycles. The molecule has 0 aliphatic heterocycles. The van der Waals surface area contributed by atoms with Crippen molar-refractivity contribution in [3.8, 4) is 0 Å². The van der Waals surface area contributed by atoms with Crippen LogP contribution in [0.5, 0.6) is 0 Å². The third-order valence-corrected chi connectivity index (χ3v) is 0. The number of hydrogen-bond acceptors (Lipinski definition) is 0. The zero-order chi connectivity index (χ0) is 0. The average molecular weight is 491 g/mol. The Morgan fingerprint density at radius 3 is 0.333 bits per heavy atom. The summed E-state index contributed by atoms with van der Waals surface area (Å²) in [6.07, 6.45) is 0. The normalized spacial score (nSPS) is 0. The molecular weight excluding hydrogens is 491 g/mol. The van der Waals surface area contributed by atoms with Gasteiger partial charge in [0.15, 0.2) is 0 Å². The van der Waals surface area contributed by atoms with Crippen molar-refractivity contribution in [3.63, 3.8) is 0 Å². The monoisotopic (exact) mass is 488 g/mol. The van der Waals surface area contributed by atoms with Crippen LogP contribution in [0.2, 0.25) is 0 Å². The van der Waals surface area contributed by atoms with E-state index < -0.39 is 0 Å². The molecule has 0 aromatic rings. The molecule has 5 nitrogen and oxygen atoms in total. The van der Waals surface area contributed by atoms with E-state index in [1.54, 1.807) is 0 Å². The van der Waals surface area contributed by atoms with E-state index in [4.69, 9.17) is 0 Å². The van der Waals surface area contributed by atoms with Crippen LogP contribution >= 0.6 is 0 Å². The molecule has 0 heterocycles. The van der Waals surface area contributed by atoms with Crippen LogP contribution in [0.25, 0.3) is 0 Å². The first-order valence-corrected chi connectivity index (χ1v) is 0. The minimum atomic E-state index is 0. The fourth-order valence-electron chi connectivity index (χ4n) is 0. The Labute approximate surface area is 146 Å². The van der Waals surface area contributed by atoms with Gasteiger partial charge in [0, 0.05) is 0 Å². The van der Waals surface area contributed by atoms with Crippen LogP contribution < -0.4 is 0 Å². The van der Waals surface area contributed by atoms with E-state index in [0.29, 0.717) is 0 Å².